The van der Waals surface area contributed by atoms with E-state index in [9.17, 15) is 33.5 Å². The normalized spacial score (nSPS) is 16.3. The number of aromatic nitrogens is 1. The summed E-state index contributed by atoms with van der Waals surface area (Å²) < 4.78 is 26.6. The number of hydroxylamine groups is 1. The van der Waals surface area contributed by atoms with Gasteiger partial charge in [-0.15, -0.1) is 0 Å². The van der Waals surface area contributed by atoms with E-state index in [1.165, 1.54) is 12.3 Å². The minimum Gasteiger partial charge on any atom is -0.392 e. The minimum absolute atomic E-state index is 0.0561. The molecule has 2 heterocycles. The third-order valence-corrected chi connectivity index (χ3v) is 4.08. The van der Waals surface area contributed by atoms with Gasteiger partial charge in [0.1, 0.15) is 11.6 Å². The summed E-state index contributed by atoms with van der Waals surface area (Å²) in [6.07, 6.45) is 1.19. The topological polar surface area (TPSA) is 120 Å². The molecule has 1 aromatic heterocycles. The Morgan fingerprint density at radius 2 is 1.96 bits per heavy atom. The van der Waals surface area contributed by atoms with Gasteiger partial charge in [0.2, 0.25) is 5.91 Å². The lowest BCUT2D eigenvalue weighted by Crippen LogP contribution is -2.50. The number of nitrogens with zero attached hydrogens (tertiary/aromatic N) is 2. The van der Waals surface area contributed by atoms with Crippen LogP contribution in [-0.4, -0.2) is 32.9 Å². The molecule has 0 spiro atoms. The van der Waals surface area contributed by atoms with Gasteiger partial charge in [-0.3, -0.25) is 19.6 Å². The third-order valence-electron chi connectivity index (χ3n) is 4.08. The van der Waals surface area contributed by atoms with Crippen molar-refractivity contribution in [3.63, 3.8) is 0 Å². The van der Waals surface area contributed by atoms with E-state index >= 15 is 0 Å². The van der Waals surface area contributed by atoms with E-state index in [1.54, 1.807) is 0 Å². The van der Waals surface area contributed by atoms with Crippen molar-refractivity contribution in [2.45, 2.75) is 13.2 Å². The van der Waals surface area contributed by atoms with Crippen molar-refractivity contribution in [3.05, 3.63) is 58.8 Å². The number of amides is 2. The number of Topliss-reactive ketones (excluding diaryl/α,β-unsaturated/α-hetero) is 1. The molecule has 0 radical (unpaired) electrons. The zero-order valence-electron chi connectivity index (χ0n) is 13.6. The second kappa shape index (κ2) is 7.17. The highest BCUT2D eigenvalue weighted by molar-refractivity contribution is 6.30. The van der Waals surface area contributed by atoms with E-state index in [1.807, 2.05) is 0 Å². The number of pyridine rings is 1. The van der Waals surface area contributed by atoms with Crippen molar-refractivity contribution in [2.24, 2.45) is 5.92 Å². The van der Waals surface area contributed by atoms with E-state index in [4.69, 9.17) is 0 Å². The summed E-state index contributed by atoms with van der Waals surface area (Å²) in [6, 6.07) is 4.04. The smallest absolute Gasteiger partial charge is 0.272 e. The number of fused-ring (bicyclic) bond motifs is 1. The summed E-state index contributed by atoms with van der Waals surface area (Å²) in [4.78, 5) is 40.9. The largest absolute Gasteiger partial charge is 0.392 e. The lowest BCUT2D eigenvalue weighted by Gasteiger charge is -2.28. The number of hydrogen-bond donors (Lipinski definition) is 3. The Kier molecular flexibility index (Phi) is 4.93. The van der Waals surface area contributed by atoms with Gasteiger partial charge in [-0.1, -0.05) is 6.07 Å². The number of carbonyl (C=O) groups excluding carboxylic acids is 3. The van der Waals surface area contributed by atoms with E-state index < -0.39 is 48.3 Å². The fourth-order valence-electron chi connectivity index (χ4n) is 2.71. The first-order valence-corrected chi connectivity index (χ1v) is 7.72. The second-order valence-electron chi connectivity index (χ2n) is 5.73. The zero-order valence-corrected chi connectivity index (χ0v) is 13.6. The van der Waals surface area contributed by atoms with Gasteiger partial charge in [-0.25, -0.2) is 13.8 Å². The number of hydrogen-bond acceptors (Lipinski definition) is 6. The molecule has 2 aromatic rings. The summed E-state index contributed by atoms with van der Waals surface area (Å²) in [5.41, 5.74) is -0.228. The summed E-state index contributed by atoms with van der Waals surface area (Å²) in [6.45, 7) is -0.978. The SMILES string of the molecule is O=C(NCc1ccc(F)cc1F)C1C(=O)c2c(CO)ccnc2N(O)C1=O. The summed E-state index contributed by atoms with van der Waals surface area (Å²) in [5, 5.41) is 21.6. The summed E-state index contributed by atoms with van der Waals surface area (Å²) in [5.74, 6) is -7.27. The van der Waals surface area contributed by atoms with E-state index in [0.717, 1.165) is 12.1 Å². The Balaban J connectivity index is 1.86. The van der Waals surface area contributed by atoms with Gasteiger partial charge < -0.3 is 10.4 Å². The maximum absolute atomic E-state index is 13.6. The van der Waals surface area contributed by atoms with Gasteiger partial charge in [0, 0.05) is 24.4 Å². The van der Waals surface area contributed by atoms with Crippen LogP contribution in [0.1, 0.15) is 21.5 Å². The van der Waals surface area contributed by atoms with Gasteiger partial charge in [0.15, 0.2) is 17.5 Å². The lowest BCUT2D eigenvalue weighted by atomic mass is 9.89. The van der Waals surface area contributed by atoms with E-state index in [0.29, 0.717) is 6.07 Å². The number of rotatable bonds is 4. The van der Waals surface area contributed by atoms with Gasteiger partial charge in [0.25, 0.3) is 5.91 Å². The molecule has 27 heavy (non-hydrogen) atoms. The number of aliphatic hydroxyl groups is 1. The monoisotopic (exact) mass is 377 g/mol. The molecule has 1 atom stereocenters. The number of halogens is 2. The number of carbonyl (C=O) groups is 3. The van der Waals surface area contributed by atoms with E-state index in [2.05, 4.69) is 10.3 Å². The first-order chi connectivity index (χ1) is 12.8. The number of anilines is 1. The van der Waals surface area contributed by atoms with Crippen LogP contribution >= 0.6 is 0 Å². The number of ketones is 1. The Morgan fingerprint density at radius 1 is 1.22 bits per heavy atom. The zero-order chi connectivity index (χ0) is 19.7. The Labute approximate surface area is 151 Å². The van der Waals surface area contributed by atoms with Crippen LogP contribution in [0.2, 0.25) is 0 Å². The Hall–Kier alpha value is -3.24. The Morgan fingerprint density at radius 3 is 2.63 bits per heavy atom. The van der Waals surface area contributed by atoms with E-state index in [-0.39, 0.29) is 27.6 Å². The predicted molar refractivity (Wildman–Crippen MR) is 85.5 cm³/mol. The molecule has 8 nitrogen and oxygen atoms in total. The number of benzene rings is 1. The number of nitrogens with one attached hydrogen (secondary N) is 1. The predicted octanol–water partition coefficient (Wildman–Crippen LogP) is 0.703. The molecule has 140 valence electrons. The van der Waals surface area contributed by atoms with Crippen LogP contribution in [0, 0.1) is 17.6 Å². The summed E-state index contributed by atoms with van der Waals surface area (Å²) in [7, 11) is 0. The molecule has 0 fully saturated rings. The van der Waals surface area contributed by atoms with Crippen LogP contribution < -0.4 is 10.4 Å². The molecule has 2 amide bonds. The van der Waals surface area contributed by atoms with Gasteiger partial charge in [-0.2, -0.15) is 5.06 Å². The fraction of sp³-hybridized carbons (Fsp3) is 0.176. The average molecular weight is 377 g/mol. The molecule has 0 saturated heterocycles. The highest BCUT2D eigenvalue weighted by atomic mass is 19.1. The Bertz CT molecular complexity index is 950. The van der Waals surface area contributed by atoms with Crippen LogP contribution in [0.15, 0.2) is 30.5 Å². The first kappa shape index (κ1) is 18.5. The van der Waals surface area contributed by atoms with Crippen LogP contribution in [0.3, 0.4) is 0 Å². The molecule has 0 bridgehead atoms. The minimum atomic E-state index is -1.93. The van der Waals surface area contributed by atoms with Gasteiger partial charge >= 0.3 is 0 Å². The quantitative estimate of drug-likeness (QED) is 0.533. The van der Waals surface area contributed by atoms with Crippen molar-refractivity contribution in [3.8, 4) is 0 Å². The van der Waals surface area contributed by atoms with Gasteiger partial charge in [0.05, 0.1) is 12.2 Å². The number of aliphatic hydroxyl groups excluding tert-OH is 1. The second-order valence-corrected chi connectivity index (χ2v) is 5.73. The molecule has 0 aliphatic carbocycles. The van der Waals surface area contributed by atoms with Crippen molar-refractivity contribution in [1.82, 2.24) is 10.3 Å². The molecule has 3 rings (SSSR count). The molecule has 10 heteroatoms. The van der Waals surface area contributed by atoms with Crippen LogP contribution in [0.5, 0.6) is 0 Å². The van der Waals surface area contributed by atoms with Crippen LogP contribution in [0.4, 0.5) is 14.6 Å². The van der Waals surface area contributed by atoms with Crippen LogP contribution in [0.25, 0.3) is 0 Å². The molecule has 0 saturated carbocycles. The maximum Gasteiger partial charge on any atom is 0.272 e. The molecule has 1 aromatic carbocycles. The molecular weight excluding hydrogens is 364 g/mol. The third kappa shape index (κ3) is 3.27. The average Bonchev–Trinajstić information content (AvgIpc) is 2.65. The van der Waals surface area contributed by atoms with Crippen molar-refractivity contribution < 1.29 is 33.5 Å². The first-order valence-electron chi connectivity index (χ1n) is 7.72. The molecule has 1 aliphatic heterocycles. The highest BCUT2D eigenvalue weighted by Crippen LogP contribution is 2.30. The molecule has 1 aliphatic rings. The lowest BCUT2D eigenvalue weighted by molar-refractivity contribution is -0.135. The van der Waals surface area contributed by atoms with Gasteiger partial charge in [-0.05, 0) is 17.7 Å². The highest BCUT2D eigenvalue weighted by Gasteiger charge is 2.45. The summed E-state index contributed by atoms with van der Waals surface area (Å²) >= 11 is 0. The molecular formula is C17H13F2N3O5. The fourth-order valence-corrected chi connectivity index (χ4v) is 2.71. The maximum atomic E-state index is 13.6. The standard InChI is InChI=1S/C17H13F2N3O5/c18-10-2-1-8(11(19)5-10)6-21-16(25)13-14(24)12-9(7-23)3-4-20-15(12)22(27)17(13)26/h1-5,13,23,27H,6-7H2,(H,21,25). The van der Waals surface area contributed by atoms with Crippen molar-refractivity contribution in [2.75, 3.05) is 5.06 Å². The molecule has 1 unspecified atom stereocenters. The van der Waals surface area contributed by atoms with Crippen molar-refractivity contribution in [1.29, 1.82) is 0 Å². The van der Waals surface area contributed by atoms with Crippen molar-refractivity contribution >= 4 is 23.4 Å². The van der Waals surface area contributed by atoms with Crippen LogP contribution in [-0.2, 0) is 22.7 Å². The molecule has 3 N–H and O–H groups in total.